The first-order valence-corrected chi connectivity index (χ1v) is 4.81. The van der Waals surface area contributed by atoms with Gasteiger partial charge in [0.1, 0.15) is 0 Å². The van der Waals surface area contributed by atoms with Crippen LogP contribution in [-0.2, 0) is 14.4 Å². The highest BCUT2D eigenvalue weighted by atomic mass is 16.4. The lowest BCUT2D eigenvalue weighted by molar-refractivity contribution is -0.134. The highest BCUT2D eigenvalue weighted by molar-refractivity contribution is 6.03. The van der Waals surface area contributed by atoms with Crippen molar-refractivity contribution in [1.29, 1.82) is 0 Å². The molecule has 0 bridgehead atoms. The first kappa shape index (κ1) is 13.3. The molecular weight excluding hydrogens is 238 g/mol. The molecule has 2 aliphatic rings. The number of carbonyl (C=O) groups is 3. The van der Waals surface area contributed by atoms with Crippen LogP contribution in [-0.4, -0.2) is 34.1 Å². The maximum atomic E-state index is 10.7. The topological polar surface area (TPSA) is 104 Å². The van der Waals surface area contributed by atoms with Crippen molar-refractivity contribution in [1.82, 2.24) is 0 Å². The Morgan fingerprint density at radius 1 is 1.11 bits per heavy atom. The molecule has 1 heterocycles. The average Bonchev–Trinajstić information content (AvgIpc) is 2.74. The zero-order chi connectivity index (χ0) is 13.5. The summed E-state index contributed by atoms with van der Waals surface area (Å²) in [4.78, 5) is 33.8. The van der Waals surface area contributed by atoms with E-state index in [9.17, 15) is 14.4 Å². The molecule has 0 aromatic rings. The van der Waals surface area contributed by atoms with E-state index in [2.05, 4.69) is 4.99 Å². The first-order chi connectivity index (χ1) is 8.49. The van der Waals surface area contributed by atoms with E-state index in [-0.39, 0.29) is 5.78 Å². The Morgan fingerprint density at radius 3 is 2.28 bits per heavy atom. The van der Waals surface area contributed by atoms with Gasteiger partial charge in [-0.05, 0) is 18.2 Å². The third kappa shape index (κ3) is 4.40. The van der Waals surface area contributed by atoms with Gasteiger partial charge in [0.15, 0.2) is 5.78 Å². The maximum absolute atomic E-state index is 10.7. The Balaban J connectivity index is 0.000000187. The van der Waals surface area contributed by atoms with Crippen molar-refractivity contribution in [2.24, 2.45) is 4.99 Å². The SMILES string of the molecule is O=C(O)/C=C\C(=O)O.O=C1C=CC2=CC=NC2=C1. The van der Waals surface area contributed by atoms with Crippen molar-refractivity contribution in [3.8, 4) is 0 Å². The van der Waals surface area contributed by atoms with E-state index in [0.717, 1.165) is 11.3 Å². The van der Waals surface area contributed by atoms with E-state index in [0.29, 0.717) is 12.2 Å². The quantitative estimate of drug-likeness (QED) is 0.700. The number of aliphatic imine (C=N–C) groups is 1. The van der Waals surface area contributed by atoms with E-state index < -0.39 is 11.9 Å². The summed E-state index contributed by atoms with van der Waals surface area (Å²) in [5, 5.41) is 15.6. The van der Waals surface area contributed by atoms with Crippen LogP contribution < -0.4 is 0 Å². The lowest BCUT2D eigenvalue weighted by Crippen LogP contribution is -1.94. The lowest BCUT2D eigenvalue weighted by atomic mass is 10.1. The molecule has 0 saturated heterocycles. The van der Waals surface area contributed by atoms with Crippen LogP contribution in [0.2, 0.25) is 0 Å². The lowest BCUT2D eigenvalue weighted by Gasteiger charge is -1.99. The van der Waals surface area contributed by atoms with Crippen LogP contribution in [0, 0.1) is 0 Å². The van der Waals surface area contributed by atoms with E-state index in [1.165, 1.54) is 6.08 Å². The minimum Gasteiger partial charge on any atom is -0.478 e. The zero-order valence-electron chi connectivity index (χ0n) is 9.11. The summed E-state index contributed by atoms with van der Waals surface area (Å²) in [6.45, 7) is 0. The van der Waals surface area contributed by atoms with Crippen molar-refractivity contribution in [3.63, 3.8) is 0 Å². The van der Waals surface area contributed by atoms with E-state index in [4.69, 9.17) is 10.2 Å². The third-order valence-electron chi connectivity index (χ3n) is 1.84. The van der Waals surface area contributed by atoms with Crippen LogP contribution in [0.25, 0.3) is 0 Å². The van der Waals surface area contributed by atoms with Crippen LogP contribution in [0.1, 0.15) is 0 Å². The van der Waals surface area contributed by atoms with Gasteiger partial charge in [0, 0.05) is 30.0 Å². The predicted molar refractivity (Wildman–Crippen MR) is 63.2 cm³/mol. The monoisotopic (exact) mass is 247 g/mol. The number of carboxylic acid groups (broad SMARTS) is 2. The zero-order valence-corrected chi connectivity index (χ0v) is 9.11. The number of carbonyl (C=O) groups excluding carboxylic acids is 1. The Kier molecular flexibility index (Phi) is 4.50. The van der Waals surface area contributed by atoms with Crippen LogP contribution >= 0.6 is 0 Å². The smallest absolute Gasteiger partial charge is 0.328 e. The van der Waals surface area contributed by atoms with Crippen LogP contribution in [0.3, 0.4) is 0 Å². The molecule has 2 N–H and O–H groups in total. The number of aliphatic carboxylic acids is 2. The molecule has 1 aliphatic carbocycles. The van der Waals surface area contributed by atoms with Gasteiger partial charge in [-0.25, -0.2) is 9.59 Å². The second-order valence-electron chi connectivity index (χ2n) is 3.18. The minimum absolute atomic E-state index is 0.0196. The highest BCUT2D eigenvalue weighted by Crippen LogP contribution is 2.20. The molecule has 18 heavy (non-hydrogen) atoms. The largest absolute Gasteiger partial charge is 0.478 e. The highest BCUT2D eigenvalue weighted by Gasteiger charge is 2.10. The third-order valence-corrected chi connectivity index (χ3v) is 1.84. The number of carboxylic acids is 2. The molecule has 6 heteroatoms. The fraction of sp³-hybridized carbons (Fsp3) is 0. The van der Waals surface area contributed by atoms with E-state index in [1.807, 2.05) is 6.08 Å². The van der Waals surface area contributed by atoms with Crippen LogP contribution in [0.4, 0.5) is 0 Å². The van der Waals surface area contributed by atoms with Crippen molar-refractivity contribution >= 4 is 23.9 Å². The molecule has 0 aromatic heterocycles. The summed E-state index contributed by atoms with van der Waals surface area (Å²) in [6, 6.07) is 0. The summed E-state index contributed by atoms with van der Waals surface area (Å²) in [6.07, 6.45) is 9.56. The van der Waals surface area contributed by atoms with Gasteiger partial charge in [-0.15, -0.1) is 0 Å². The van der Waals surface area contributed by atoms with Crippen molar-refractivity contribution in [2.75, 3.05) is 0 Å². The minimum atomic E-state index is -1.26. The summed E-state index contributed by atoms with van der Waals surface area (Å²) < 4.78 is 0. The number of ketones is 1. The molecule has 0 saturated carbocycles. The Morgan fingerprint density at radius 2 is 1.72 bits per heavy atom. The Labute approximate surface area is 102 Å². The molecule has 0 aromatic carbocycles. The van der Waals surface area contributed by atoms with Crippen LogP contribution in [0.5, 0.6) is 0 Å². The van der Waals surface area contributed by atoms with Gasteiger partial charge in [-0.1, -0.05) is 0 Å². The molecular formula is C12H9NO5. The van der Waals surface area contributed by atoms with Crippen molar-refractivity contribution in [2.45, 2.75) is 0 Å². The van der Waals surface area contributed by atoms with E-state index in [1.54, 1.807) is 18.4 Å². The van der Waals surface area contributed by atoms with Gasteiger partial charge in [-0.2, -0.15) is 0 Å². The second-order valence-corrected chi connectivity index (χ2v) is 3.18. The van der Waals surface area contributed by atoms with Gasteiger partial charge in [0.2, 0.25) is 0 Å². The summed E-state index contributed by atoms with van der Waals surface area (Å²) in [5.41, 5.74) is 1.81. The number of nitrogens with zero attached hydrogens (tertiary/aromatic N) is 1. The molecule has 6 nitrogen and oxygen atoms in total. The summed E-state index contributed by atoms with van der Waals surface area (Å²) >= 11 is 0. The maximum Gasteiger partial charge on any atom is 0.328 e. The molecule has 0 unspecified atom stereocenters. The van der Waals surface area contributed by atoms with Gasteiger partial charge < -0.3 is 10.2 Å². The normalized spacial score (nSPS) is 15.7. The number of fused-ring (bicyclic) bond motifs is 1. The second kappa shape index (κ2) is 6.09. The molecule has 0 spiro atoms. The average molecular weight is 247 g/mol. The predicted octanol–water partition coefficient (Wildman–Crippen LogP) is 0.732. The molecule has 2 rings (SSSR count). The molecule has 0 amide bonds. The summed E-state index contributed by atoms with van der Waals surface area (Å²) in [5.74, 6) is -2.49. The van der Waals surface area contributed by atoms with E-state index >= 15 is 0 Å². The molecule has 0 fully saturated rings. The number of hydrogen-bond acceptors (Lipinski definition) is 4. The fourth-order valence-corrected chi connectivity index (χ4v) is 1.12. The van der Waals surface area contributed by atoms with Crippen molar-refractivity contribution in [3.05, 3.63) is 47.7 Å². The number of hydrogen-bond donors (Lipinski definition) is 2. The fourth-order valence-electron chi connectivity index (χ4n) is 1.12. The first-order valence-electron chi connectivity index (χ1n) is 4.81. The molecule has 0 atom stereocenters. The summed E-state index contributed by atoms with van der Waals surface area (Å²) in [7, 11) is 0. The molecule has 1 aliphatic heterocycles. The number of rotatable bonds is 2. The van der Waals surface area contributed by atoms with Crippen LogP contribution in [0.15, 0.2) is 52.7 Å². The van der Waals surface area contributed by atoms with Gasteiger partial charge >= 0.3 is 11.9 Å². The van der Waals surface area contributed by atoms with Gasteiger partial charge in [-0.3, -0.25) is 9.79 Å². The molecule has 0 radical (unpaired) electrons. The molecule has 92 valence electrons. The van der Waals surface area contributed by atoms with Gasteiger partial charge in [0.25, 0.3) is 0 Å². The standard InChI is InChI=1S/C8H5NO.C4H4O4/c10-7-2-1-6-3-4-9-8(6)5-7;5-3(6)1-2-4(7)8/h1-5H;1-2H,(H,5,6)(H,7,8)/b;2-1-. The Hall–Kier alpha value is -2.76. The van der Waals surface area contributed by atoms with Gasteiger partial charge in [0.05, 0.1) is 5.70 Å². The number of allylic oxidation sites excluding steroid dienone is 4. The van der Waals surface area contributed by atoms with Crippen molar-refractivity contribution < 1.29 is 24.6 Å². The Bertz CT molecular complexity index is 519.